The first-order valence-electron chi connectivity index (χ1n) is 7.91. The van der Waals surface area contributed by atoms with Crippen molar-refractivity contribution in [2.24, 2.45) is 0 Å². The van der Waals surface area contributed by atoms with Gasteiger partial charge in [0.25, 0.3) is 0 Å². The van der Waals surface area contributed by atoms with Crippen molar-refractivity contribution in [3.63, 3.8) is 0 Å². The van der Waals surface area contributed by atoms with E-state index in [2.05, 4.69) is 4.90 Å². The highest BCUT2D eigenvalue weighted by Crippen LogP contribution is 2.36. The fraction of sp³-hybridized carbons (Fsp3) is 0.647. The molecule has 0 amide bonds. The smallest absolute Gasteiger partial charge is 0.179 e. The second kappa shape index (κ2) is 9.33. The topological polar surface area (TPSA) is 40.2 Å². The third-order valence-electron chi connectivity index (χ3n) is 4.08. The third-order valence-corrected chi connectivity index (χ3v) is 4.36. The lowest BCUT2D eigenvalue weighted by molar-refractivity contribution is -0.0158. The molecule has 0 atom stereocenters. The zero-order chi connectivity index (χ0) is 16.7. The minimum absolute atomic E-state index is 0.343. The molecule has 2 rings (SSSR count). The Hall–Kier alpha value is -1.01. The minimum Gasteiger partial charge on any atom is -0.493 e. The number of benzene rings is 1. The van der Waals surface area contributed by atoms with Crippen LogP contribution in [0.1, 0.15) is 18.4 Å². The molecule has 1 aromatic rings. The Morgan fingerprint density at radius 2 is 1.83 bits per heavy atom. The van der Waals surface area contributed by atoms with Crippen LogP contribution in [-0.4, -0.2) is 58.6 Å². The van der Waals surface area contributed by atoms with Gasteiger partial charge in [-0.3, -0.25) is 4.90 Å². The lowest BCUT2D eigenvalue weighted by Crippen LogP contribution is -2.36. The molecule has 0 aromatic heterocycles. The Morgan fingerprint density at radius 3 is 2.43 bits per heavy atom. The fourth-order valence-corrected chi connectivity index (χ4v) is 3.16. The minimum atomic E-state index is 0.343. The molecule has 0 aliphatic carbocycles. The Morgan fingerprint density at radius 1 is 1.09 bits per heavy atom. The average molecular weight is 344 g/mol. The van der Waals surface area contributed by atoms with E-state index in [0.717, 1.165) is 38.0 Å². The van der Waals surface area contributed by atoms with Gasteiger partial charge in [-0.05, 0) is 30.5 Å². The average Bonchev–Trinajstić information content (AvgIpc) is 2.56. The molecule has 1 heterocycles. The van der Waals surface area contributed by atoms with Crippen molar-refractivity contribution in [3.05, 3.63) is 22.7 Å². The standard InChI is InChI=1S/C17H26ClNO4/c1-20-8-9-23-14-4-6-19(7-5-14)12-13-10-15(18)17(22-3)16(11-13)21-2/h10-11,14H,4-9,12H2,1-3H3. The van der Waals surface area contributed by atoms with Crippen molar-refractivity contribution in [1.29, 1.82) is 0 Å². The first-order chi connectivity index (χ1) is 11.2. The lowest BCUT2D eigenvalue weighted by atomic mass is 10.1. The predicted molar refractivity (Wildman–Crippen MR) is 90.7 cm³/mol. The van der Waals surface area contributed by atoms with E-state index in [9.17, 15) is 0 Å². The summed E-state index contributed by atoms with van der Waals surface area (Å²) >= 11 is 6.27. The van der Waals surface area contributed by atoms with Crippen LogP contribution in [-0.2, 0) is 16.0 Å². The monoisotopic (exact) mass is 343 g/mol. The van der Waals surface area contributed by atoms with Gasteiger partial charge in [0.2, 0.25) is 0 Å². The molecule has 0 N–H and O–H groups in total. The number of piperidine rings is 1. The van der Waals surface area contributed by atoms with Crippen LogP contribution in [0.2, 0.25) is 5.02 Å². The van der Waals surface area contributed by atoms with Crippen LogP contribution in [0.15, 0.2) is 12.1 Å². The van der Waals surface area contributed by atoms with Crippen molar-refractivity contribution in [1.82, 2.24) is 4.90 Å². The summed E-state index contributed by atoms with van der Waals surface area (Å²) in [5.41, 5.74) is 1.13. The molecule has 130 valence electrons. The molecule has 0 radical (unpaired) electrons. The summed E-state index contributed by atoms with van der Waals surface area (Å²) < 4.78 is 21.4. The molecule has 0 bridgehead atoms. The van der Waals surface area contributed by atoms with Gasteiger partial charge in [0.05, 0.1) is 38.6 Å². The molecule has 0 unspecified atom stereocenters. The molecular weight excluding hydrogens is 318 g/mol. The zero-order valence-electron chi connectivity index (χ0n) is 14.1. The predicted octanol–water partition coefficient (Wildman–Crippen LogP) is 2.98. The Balaban J connectivity index is 1.88. The van der Waals surface area contributed by atoms with Crippen LogP contribution in [0.3, 0.4) is 0 Å². The summed E-state index contributed by atoms with van der Waals surface area (Å²) in [6.07, 6.45) is 2.44. The van der Waals surface area contributed by atoms with Gasteiger partial charge in [-0.1, -0.05) is 11.6 Å². The normalized spacial score (nSPS) is 16.5. The highest BCUT2D eigenvalue weighted by atomic mass is 35.5. The van der Waals surface area contributed by atoms with E-state index >= 15 is 0 Å². The van der Waals surface area contributed by atoms with Crippen molar-refractivity contribution in [3.8, 4) is 11.5 Å². The summed E-state index contributed by atoms with van der Waals surface area (Å²) in [5.74, 6) is 1.26. The first kappa shape index (κ1) is 18.3. The summed E-state index contributed by atoms with van der Waals surface area (Å²) in [6, 6.07) is 3.94. The number of nitrogens with zero attached hydrogens (tertiary/aromatic N) is 1. The molecule has 1 saturated heterocycles. The number of methoxy groups -OCH3 is 3. The van der Waals surface area contributed by atoms with Crippen LogP contribution in [0.25, 0.3) is 0 Å². The highest BCUT2D eigenvalue weighted by molar-refractivity contribution is 6.32. The van der Waals surface area contributed by atoms with Crippen LogP contribution < -0.4 is 9.47 Å². The summed E-state index contributed by atoms with van der Waals surface area (Å²) in [7, 11) is 4.92. The van der Waals surface area contributed by atoms with Crippen LogP contribution in [0.5, 0.6) is 11.5 Å². The van der Waals surface area contributed by atoms with E-state index in [1.807, 2.05) is 12.1 Å². The molecule has 0 saturated carbocycles. The number of halogens is 1. The van der Waals surface area contributed by atoms with E-state index in [4.69, 9.17) is 30.5 Å². The summed E-state index contributed by atoms with van der Waals surface area (Å²) in [4.78, 5) is 2.41. The van der Waals surface area contributed by atoms with E-state index in [-0.39, 0.29) is 0 Å². The summed E-state index contributed by atoms with van der Waals surface area (Å²) in [5, 5.41) is 0.583. The maximum atomic E-state index is 6.27. The largest absolute Gasteiger partial charge is 0.493 e. The van der Waals surface area contributed by atoms with Crippen LogP contribution in [0.4, 0.5) is 0 Å². The van der Waals surface area contributed by atoms with Crippen LogP contribution >= 0.6 is 11.6 Å². The van der Waals surface area contributed by atoms with Gasteiger partial charge in [-0.25, -0.2) is 0 Å². The Kier molecular flexibility index (Phi) is 7.43. The molecular formula is C17H26ClNO4. The molecule has 23 heavy (non-hydrogen) atoms. The molecule has 0 spiro atoms. The number of rotatable bonds is 8. The van der Waals surface area contributed by atoms with Gasteiger partial charge in [0.1, 0.15) is 0 Å². The van der Waals surface area contributed by atoms with Gasteiger partial charge >= 0.3 is 0 Å². The molecule has 1 aromatic carbocycles. The van der Waals surface area contributed by atoms with Gasteiger partial charge in [-0.15, -0.1) is 0 Å². The van der Waals surface area contributed by atoms with Gasteiger partial charge in [-0.2, -0.15) is 0 Å². The van der Waals surface area contributed by atoms with E-state index in [0.29, 0.717) is 35.8 Å². The maximum Gasteiger partial charge on any atom is 0.179 e. The fourth-order valence-electron chi connectivity index (χ4n) is 2.85. The lowest BCUT2D eigenvalue weighted by Gasteiger charge is -2.32. The SMILES string of the molecule is COCCOC1CCN(Cc2cc(Cl)c(OC)c(OC)c2)CC1. The first-order valence-corrected chi connectivity index (χ1v) is 8.29. The van der Waals surface area contributed by atoms with E-state index < -0.39 is 0 Å². The van der Waals surface area contributed by atoms with Gasteiger partial charge in [0.15, 0.2) is 11.5 Å². The quantitative estimate of drug-likeness (QED) is 0.679. The third kappa shape index (κ3) is 5.24. The van der Waals surface area contributed by atoms with Crippen LogP contribution in [0, 0.1) is 0 Å². The number of ether oxygens (including phenoxy) is 4. The van der Waals surface area contributed by atoms with E-state index in [1.54, 1.807) is 21.3 Å². The molecule has 6 heteroatoms. The maximum absolute atomic E-state index is 6.27. The second-order valence-electron chi connectivity index (χ2n) is 5.65. The van der Waals surface area contributed by atoms with Gasteiger partial charge < -0.3 is 18.9 Å². The van der Waals surface area contributed by atoms with Crippen molar-refractivity contribution < 1.29 is 18.9 Å². The number of likely N-dealkylation sites (tertiary alicyclic amines) is 1. The van der Waals surface area contributed by atoms with Crippen molar-refractivity contribution in [2.45, 2.75) is 25.5 Å². The zero-order valence-corrected chi connectivity index (χ0v) is 14.9. The van der Waals surface area contributed by atoms with Gasteiger partial charge in [0, 0.05) is 26.7 Å². The Bertz CT molecular complexity index is 490. The van der Waals surface area contributed by atoms with E-state index in [1.165, 1.54) is 0 Å². The van der Waals surface area contributed by atoms with Crippen molar-refractivity contribution >= 4 is 11.6 Å². The summed E-state index contributed by atoms with van der Waals surface area (Å²) in [6.45, 7) is 4.22. The number of hydrogen-bond donors (Lipinski definition) is 0. The highest BCUT2D eigenvalue weighted by Gasteiger charge is 2.20. The molecule has 1 aliphatic rings. The molecule has 1 fully saturated rings. The molecule has 5 nitrogen and oxygen atoms in total. The number of hydrogen-bond acceptors (Lipinski definition) is 5. The Labute approximate surface area is 143 Å². The molecule has 1 aliphatic heterocycles. The second-order valence-corrected chi connectivity index (χ2v) is 6.06. The van der Waals surface area contributed by atoms with Crippen molar-refractivity contribution in [2.75, 3.05) is 47.6 Å².